The summed E-state index contributed by atoms with van der Waals surface area (Å²) >= 11 is 0. The number of sulfonamides is 1. The summed E-state index contributed by atoms with van der Waals surface area (Å²) in [5, 5.41) is 2.80. The molecule has 0 fully saturated rings. The molecule has 6 heteroatoms. The Hall–Kier alpha value is -2.18. The number of hydrogen-bond acceptors (Lipinski definition) is 3. The summed E-state index contributed by atoms with van der Waals surface area (Å²) in [7, 11) is -0.485. The molecule has 2 aromatic rings. The molecule has 0 saturated heterocycles. The molecular formula is C19H24N2O3S. The highest BCUT2D eigenvalue weighted by atomic mass is 32.2. The third-order valence-corrected chi connectivity index (χ3v) is 5.82. The molecule has 5 nitrogen and oxygen atoms in total. The lowest BCUT2D eigenvalue weighted by Gasteiger charge is -2.12. The molecule has 2 aromatic carbocycles. The Bertz CT molecular complexity index is 811. The van der Waals surface area contributed by atoms with E-state index in [1.807, 2.05) is 12.1 Å². The van der Waals surface area contributed by atoms with Crippen LogP contribution in [-0.2, 0) is 27.7 Å². The first-order chi connectivity index (χ1) is 11.8. The summed E-state index contributed by atoms with van der Waals surface area (Å²) in [5.41, 5.74) is 2.99. The SMILES string of the molecule is CCc1ccc(CCC(=O)Nc2ccc(S(=O)(=O)N(C)C)cc2)cc1. The van der Waals surface area contributed by atoms with Gasteiger partial charge in [0, 0.05) is 26.2 Å². The Morgan fingerprint density at radius 3 is 2.04 bits per heavy atom. The lowest BCUT2D eigenvalue weighted by molar-refractivity contribution is -0.116. The number of hydrogen-bond donors (Lipinski definition) is 1. The van der Waals surface area contributed by atoms with Crippen LogP contribution in [0.5, 0.6) is 0 Å². The van der Waals surface area contributed by atoms with Crippen LogP contribution in [0.3, 0.4) is 0 Å². The predicted molar refractivity (Wildman–Crippen MR) is 100 cm³/mol. The molecule has 1 amide bonds. The monoisotopic (exact) mass is 360 g/mol. The molecule has 0 atom stereocenters. The first-order valence-electron chi connectivity index (χ1n) is 8.23. The standard InChI is InChI=1S/C19H24N2O3S/c1-4-15-5-7-16(8-6-15)9-14-19(22)20-17-10-12-18(13-11-17)25(23,24)21(2)3/h5-8,10-13H,4,9,14H2,1-3H3,(H,20,22). The number of aryl methyl sites for hydroxylation is 2. The molecule has 0 unspecified atom stereocenters. The van der Waals surface area contributed by atoms with Gasteiger partial charge in [0.25, 0.3) is 0 Å². The highest BCUT2D eigenvalue weighted by Crippen LogP contribution is 2.17. The third-order valence-electron chi connectivity index (χ3n) is 3.99. The van der Waals surface area contributed by atoms with Gasteiger partial charge in [-0.25, -0.2) is 12.7 Å². The van der Waals surface area contributed by atoms with Crippen molar-refractivity contribution < 1.29 is 13.2 Å². The molecule has 0 saturated carbocycles. The quantitative estimate of drug-likeness (QED) is 0.825. The number of nitrogens with zero attached hydrogens (tertiary/aromatic N) is 1. The zero-order valence-corrected chi connectivity index (χ0v) is 15.6. The number of benzene rings is 2. The zero-order valence-electron chi connectivity index (χ0n) is 14.8. The summed E-state index contributed by atoms with van der Waals surface area (Å²) in [6.45, 7) is 2.11. The van der Waals surface area contributed by atoms with Crippen LogP contribution in [0.2, 0.25) is 0 Å². The van der Waals surface area contributed by atoms with Crippen molar-refractivity contribution in [2.24, 2.45) is 0 Å². The van der Waals surface area contributed by atoms with Crippen molar-refractivity contribution in [2.75, 3.05) is 19.4 Å². The average molecular weight is 360 g/mol. The molecule has 0 aliphatic carbocycles. The maximum absolute atomic E-state index is 12.1. The lowest BCUT2D eigenvalue weighted by atomic mass is 10.1. The maximum Gasteiger partial charge on any atom is 0.242 e. The number of carbonyl (C=O) groups excluding carboxylic acids is 1. The van der Waals surface area contributed by atoms with Crippen LogP contribution in [0.1, 0.15) is 24.5 Å². The normalized spacial score (nSPS) is 11.5. The van der Waals surface area contributed by atoms with Crippen molar-refractivity contribution in [1.82, 2.24) is 4.31 Å². The van der Waals surface area contributed by atoms with E-state index < -0.39 is 10.0 Å². The molecule has 0 aliphatic rings. The van der Waals surface area contributed by atoms with Gasteiger partial charge in [0.2, 0.25) is 15.9 Å². The Kier molecular flexibility index (Phi) is 6.33. The second kappa shape index (κ2) is 8.27. The van der Waals surface area contributed by atoms with Crippen molar-refractivity contribution >= 4 is 21.6 Å². The number of carbonyl (C=O) groups is 1. The molecule has 0 aromatic heterocycles. The van der Waals surface area contributed by atoms with E-state index in [1.165, 1.54) is 31.8 Å². The number of nitrogens with one attached hydrogen (secondary N) is 1. The van der Waals surface area contributed by atoms with Crippen LogP contribution in [0.4, 0.5) is 5.69 Å². The molecule has 0 radical (unpaired) electrons. The van der Waals surface area contributed by atoms with Crippen molar-refractivity contribution in [2.45, 2.75) is 31.1 Å². The predicted octanol–water partition coefficient (Wildman–Crippen LogP) is 3.07. The van der Waals surface area contributed by atoms with E-state index in [2.05, 4.69) is 24.4 Å². The van der Waals surface area contributed by atoms with Gasteiger partial charge < -0.3 is 5.32 Å². The van der Waals surface area contributed by atoms with Crippen LogP contribution < -0.4 is 5.32 Å². The second-order valence-corrected chi connectivity index (χ2v) is 8.18. The largest absolute Gasteiger partial charge is 0.326 e. The average Bonchev–Trinajstić information content (AvgIpc) is 2.60. The van der Waals surface area contributed by atoms with Crippen LogP contribution >= 0.6 is 0 Å². The molecule has 0 bridgehead atoms. The van der Waals surface area contributed by atoms with Gasteiger partial charge in [0.1, 0.15) is 0 Å². The summed E-state index contributed by atoms with van der Waals surface area (Å²) < 4.78 is 25.2. The highest BCUT2D eigenvalue weighted by molar-refractivity contribution is 7.89. The Morgan fingerprint density at radius 1 is 0.960 bits per heavy atom. The Morgan fingerprint density at radius 2 is 1.52 bits per heavy atom. The number of anilines is 1. The first kappa shape index (κ1) is 19.1. The van der Waals surface area contributed by atoms with Crippen molar-refractivity contribution in [3.05, 3.63) is 59.7 Å². The molecule has 25 heavy (non-hydrogen) atoms. The second-order valence-electron chi connectivity index (χ2n) is 6.03. The highest BCUT2D eigenvalue weighted by Gasteiger charge is 2.16. The van der Waals surface area contributed by atoms with Crippen molar-refractivity contribution in [3.63, 3.8) is 0 Å². The maximum atomic E-state index is 12.1. The summed E-state index contributed by atoms with van der Waals surface area (Å²) in [6.07, 6.45) is 2.05. The van der Waals surface area contributed by atoms with Crippen molar-refractivity contribution in [1.29, 1.82) is 0 Å². The number of amides is 1. The lowest BCUT2D eigenvalue weighted by Crippen LogP contribution is -2.22. The van der Waals surface area contributed by atoms with E-state index in [1.54, 1.807) is 12.1 Å². The molecule has 2 rings (SSSR count). The summed E-state index contributed by atoms with van der Waals surface area (Å²) in [4.78, 5) is 12.3. The van der Waals surface area contributed by atoms with Gasteiger partial charge in [-0.05, 0) is 48.2 Å². The van der Waals surface area contributed by atoms with Crippen LogP contribution in [-0.4, -0.2) is 32.7 Å². The minimum Gasteiger partial charge on any atom is -0.326 e. The molecular weight excluding hydrogens is 336 g/mol. The van der Waals surface area contributed by atoms with E-state index >= 15 is 0 Å². The summed E-state index contributed by atoms with van der Waals surface area (Å²) in [6, 6.07) is 14.5. The van der Waals surface area contributed by atoms with Gasteiger partial charge >= 0.3 is 0 Å². The fourth-order valence-corrected chi connectivity index (χ4v) is 3.25. The van der Waals surface area contributed by atoms with Crippen molar-refractivity contribution in [3.8, 4) is 0 Å². The smallest absolute Gasteiger partial charge is 0.242 e. The zero-order chi connectivity index (χ0) is 18.4. The number of rotatable bonds is 7. The van der Waals surface area contributed by atoms with E-state index in [-0.39, 0.29) is 10.8 Å². The summed E-state index contributed by atoms with van der Waals surface area (Å²) in [5.74, 6) is -0.0946. The first-order valence-corrected chi connectivity index (χ1v) is 9.67. The van der Waals surface area contributed by atoms with Gasteiger partial charge in [0.05, 0.1) is 4.90 Å². The molecule has 1 N–H and O–H groups in total. The van der Waals surface area contributed by atoms with E-state index in [4.69, 9.17) is 0 Å². The van der Waals surface area contributed by atoms with E-state index in [0.29, 0.717) is 18.5 Å². The van der Waals surface area contributed by atoms with Gasteiger partial charge in [-0.3, -0.25) is 4.79 Å². The van der Waals surface area contributed by atoms with Crippen LogP contribution in [0.25, 0.3) is 0 Å². The molecule has 0 heterocycles. The van der Waals surface area contributed by atoms with Gasteiger partial charge in [-0.1, -0.05) is 31.2 Å². The van der Waals surface area contributed by atoms with Crippen LogP contribution in [0.15, 0.2) is 53.4 Å². The minimum atomic E-state index is -3.45. The van der Waals surface area contributed by atoms with E-state index in [0.717, 1.165) is 16.3 Å². The Labute approximate surface area is 149 Å². The van der Waals surface area contributed by atoms with Gasteiger partial charge in [-0.15, -0.1) is 0 Å². The topological polar surface area (TPSA) is 66.5 Å². The van der Waals surface area contributed by atoms with Gasteiger partial charge in [0.15, 0.2) is 0 Å². The molecule has 0 spiro atoms. The van der Waals surface area contributed by atoms with E-state index in [9.17, 15) is 13.2 Å². The minimum absolute atomic E-state index is 0.0946. The fourth-order valence-electron chi connectivity index (χ4n) is 2.34. The molecule has 134 valence electrons. The molecule has 0 aliphatic heterocycles. The fraction of sp³-hybridized carbons (Fsp3) is 0.316. The third kappa shape index (κ3) is 5.14. The van der Waals surface area contributed by atoms with Gasteiger partial charge in [-0.2, -0.15) is 0 Å². The van der Waals surface area contributed by atoms with Crippen LogP contribution in [0, 0.1) is 0 Å². The Balaban J connectivity index is 1.92.